The zero-order valence-corrected chi connectivity index (χ0v) is 14.9. The summed E-state index contributed by atoms with van der Waals surface area (Å²) in [4.78, 5) is 28.9. The second-order valence-corrected chi connectivity index (χ2v) is 8.51. The number of carbonyl (C=O) groups is 2. The van der Waals surface area contributed by atoms with Crippen molar-refractivity contribution < 1.29 is 14.0 Å². The second-order valence-electron chi connectivity index (χ2n) is 7.01. The van der Waals surface area contributed by atoms with Gasteiger partial charge in [0.2, 0.25) is 11.8 Å². The van der Waals surface area contributed by atoms with Crippen molar-refractivity contribution in [2.24, 2.45) is 0 Å². The fourth-order valence-corrected chi connectivity index (χ4v) is 5.42. The van der Waals surface area contributed by atoms with E-state index in [4.69, 9.17) is 4.42 Å². The molecule has 0 radical (unpaired) electrons. The first-order chi connectivity index (χ1) is 11.5. The predicted molar refractivity (Wildman–Crippen MR) is 93.2 cm³/mol. The summed E-state index contributed by atoms with van der Waals surface area (Å²) in [5.41, 5.74) is 2.37. The Bertz CT molecular complexity index is 712. The molecule has 24 heavy (non-hydrogen) atoms. The van der Waals surface area contributed by atoms with E-state index >= 15 is 0 Å². The second kappa shape index (κ2) is 5.69. The molecule has 2 saturated heterocycles. The van der Waals surface area contributed by atoms with Crippen molar-refractivity contribution in [1.82, 2.24) is 9.80 Å². The molecular weight excluding hydrogens is 324 g/mol. The van der Waals surface area contributed by atoms with Gasteiger partial charge in [0.1, 0.15) is 11.8 Å². The van der Waals surface area contributed by atoms with Crippen molar-refractivity contribution in [2.75, 3.05) is 18.8 Å². The van der Waals surface area contributed by atoms with Crippen LogP contribution in [0.25, 0.3) is 5.57 Å². The maximum atomic E-state index is 13.1. The molecule has 1 aromatic rings. The smallest absolute Gasteiger partial charge is 0.246 e. The standard InChI is InChI=1S/C18H22N2O3S/c1-12-6-8-19(10-13(12)15-4-3-9-23-15)17(22)14-11-24-18(2)7-5-16(21)20(14)18/h3-4,9,14H,5-8,10-11H2,1-2H3/t14-,18+/m0/s1. The highest BCUT2D eigenvalue weighted by molar-refractivity contribution is 8.01. The summed E-state index contributed by atoms with van der Waals surface area (Å²) < 4.78 is 5.53. The van der Waals surface area contributed by atoms with Gasteiger partial charge >= 0.3 is 0 Å². The minimum absolute atomic E-state index is 0.0815. The molecular formula is C18H22N2O3S. The highest BCUT2D eigenvalue weighted by Gasteiger charge is 2.53. The number of hydrogen-bond acceptors (Lipinski definition) is 4. The molecule has 2 atom stereocenters. The first-order valence-corrected chi connectivity index (χ1v) is 9.45. The van der Waals surface area contributed by atoms with Crippen LogP contribution in [0.4, 0.5) is 0 Å². The number of furan rings is 1. The van der Waals surface area contributed by atoms with Gasteiger partial charge < -0.3 is 14.2 Å². The fourth-order valence-electron chi connectivity index (χ4n) is 4.00. The van der Waals surface area contributed by atoms with Crippen LogP contribution in [0.15, 0.2) is 28.4 Å². The molecule has 4 heterocycles. The Hall–Kier alpha value is -1.69. The minimum atomic E-state index is -0.314. The lowest BCUT2D eigenvalue weighted by atomic mass is 9.99. The topological polar surface area (TPSA) is 53.8 Å². The Morgan fingerprint density at radius 1 is 1.42 bits per heavy atom. The van der Waals surface area contributed by atoms with Gasteiger partial charge in [-0.1, -0.05) is 5.57 Å². The van der Waals surface area contributed by atoms with Gasteiger partial charge in [-0.15, -0.1) is 11.8 Å². The third kappa shape index (κ3) is 2.39. The number of rotatable bonds is 2. The molecule has 128 valence electrons. The lowest BCUT2D eigenvalue weighted by molar-refractivity contribution is -0.143. The van der Waals surface area contributed by atoms with Crippen LogP contribution in [0.3, 0.4) is 0 Å². The first kappa shape index (κ1) is 15.8. The summed E-state index contributed by atoms with van der Waals surface area (Å²) in [7, 11) is 0. The number of hydrogen-bond donors (Lipinski definition) is 0. The van der Waals surface area contributed by atoms with Gasteiger partial charge in [0.15, 0.2) is 0 Å². The maximum Gasteiger partial charge on any atom is 0.246 e. The van der Waals surface area contributed by atoms with Crippen LogP contribution in [0.5, 0.6) is 0 Å². The molecule has 0 saturated carbocycles. The van der Waals surface area contributed by atoms with Gasteiger partial charge in [-0.2, -0.15) is 0 Å². The first-order valence-electron chi connectivity index (χ1n) is 8.47. The summed E-state index contributed by atoms with van der Waals surface area (Å²) in [5, 5.41) is 0. The molecule has 3 aliphatic rings. The van der Waals surface area contributed by atoms with E-state index in [9.17, 15) is 9.59 Å². The van der Waals surface area contributed by atoms with Gasteiger partial charge in [0, 0.05) is 30.8 Å². The lowest BCUT2D eigenvalue weighted by Gasteiger charge is -2.35. The van der Waals surface area contributed by atoms with Crippen LogP contribution in [0, 0.1) is 0 Å². The monoisotopic (exact) mass is 346 g/mol. The average molecular weight is 346 g/mol. The lowest BCUT2D eigenvalue weighted by Crippen LogP contribution is -2.52. The van der Waals surface area contributed by atoms with Crippen LogP contribution in [0.2, 0.25) is 0 Å². The summed E-state index contributed by atoms with van der Waals surface area (Å²) in [5.74, 6) is 1.75. The largest absolute Gasteiger partial charge is 0.465 e. The van der Waals surface area contributed by atoms with E-state index in [0.717, 1.165) is 30.7 Å². The van der Waals surface area contributed by atoms with Gasteiger partial charge in [0.05, 0.1) is 11.1 Å². The van der Waals surface area contributed by atoms with E-state index < -0.39 is 0 Å². The molecule has 0 aliphatic carbocycles. The van der Waals surface area contributed by atoms with Crippen LogP contribution in [-0.4, -0.2) is 51.4 Å². The molecule has 6 heteroatoms. The Kier molecular flexibility index (Phi) is 3.75. The Labute approximate surface area is 146 Å². The summed E-state index contributed by atoms with van der Waals surface area (Å²) >= 11 is 1.75. The molecule has 0 bridgehead atoms. The van der Waals surface area contributed by atoms with E-state index in [0.29, 0.717) is 18.7 Å². The Morgan fingerprint density at radius 3 is 3.00 bits per heavy atom. The van der Waals surface area contributed by atoms with Crippen molar-refractivity contribution in [2.45, 2.75) is 44.0 Å². The molecule has 1 aromatic heterocycles. The van der Waals surface area contributed by atoms with Crippen molar-refractivity contribution in [3.05, 3.63) is 29.7 Å². The van der Waals surface area contributed by atoms with E-state index in [1.807, 2.05) is 21.9 Å². The van der Waals surface area contributed by atoms with E-state index in [-0.39, 0.29) is 22.7 Å². The molecule has 4 rings (SSSR count). The third-order valence-corrected chi connectivity index (χ3v) is 6.99. The molecule has 0 aromatic carbocycles. The summed E-state index contributed by atoms with van der Waals surface area (Å²) in [6.07, 6.45) is 3.92. The average Bonchev–Trinajstić information content (AvgIpc) is 3.26. The van der Waals surface area contributed by atoms with Crippen LogP contribution in [-0.2, 0) is 9.59 Å². The van der Waals surface area contributed by atoms with Crippen LogP contribution in [0.1, 0.15) is 38.9 Å². The third-order valence-electron chi connectivity index (χ3n) is 5.48. The van der Waals surface area contributed by atoms with E-state index in [1.165, 1.54) is 5.57 Å². The number of nitrogens with zero attached hydrogens (tertiary/aromatic N) is 2. The Morgan fingerprint density at radius 2 is 2.25 bits per heavy atom. The van der Waals surface area contributed by atoms with Crippen molar-refractivity contribution in [3.63, 3.8) is 0 Å². The zero-order chi connectivity index (χ0) is 16.9. The number of amides is 2. The molecule has 0 spiro atoms. The summed E-state index contributed by atoms with van der Waals surface area (Å²) in [6, 6.07) is 3.50. The number of fused-ring (bicyclic) bond motifs is 1. The van der Waals surface area contributed by atoms with Gasteiger partial charge in [-0.05, 0) is 38.8 Å². The molecule has 0 N–H and O–H groups in total. The van der Waals surface area contributed by atoms with Crippen molar-refractivity contribution in [1.29, 1.82) is 0 Å². The SMILES string of the molecule is CC1=C(c2ccco2)CN(C(=O)[C@@H]2CS[C@]3(C)CCC(=O)N23)CC1. The fraction of sp³-hybridized carbons (Fsp3) is 0.556. The molecule has 3 aliphatic heterocycles. The normalized spacial score (nSPS) is 30.2. The molecule has 2 fully saturated rings. The van der Waals surface area contributed by atoms with Crippen LogP contribution < -0.4 is 0 Å². The quantitative estimate of drug-likeness (QED) is 0.826. The highest BCUT2D eigenvalue weighted by Crippen LogP contribution is 2.47. The minimum Gasteiger partial charge on any atom is -0.465 e. The molecule has 5 nitrogen and oxygen atoms in total. The van der Waals surface area contributed by atoms with E-state index in [2.05, 4.69) is 13.8 Å². The summed E-state index contributed by atoms with van der Waals surface area (Å²) in [6.45, 7) is 5.48. The van der Waals surface area contributed by atoms with Gasteiger partial charge in [0.25, 0.3) is 0 Å². The van der Waals surface area contributed by atoms with Gasteiger partial charge in [-0.25, -0.2) is 0 Å². The maximum absolute atomic E-state index is 13.1. The molecule has 0 unspecified atom stereocenters. The zero-order valence-electron chi connectivity index (χ0n) is 14.1. The van der Waals surface area contributed by atoms with Crippen molar-refractivity contribution >= 4 is 29.1 Å². The van der Waals surface area contributed by atoms with Gasteiger partial charge in [-0.3, -0.25) is 9.59 Å². The Balaban J connectivity index is 1.55. The number of carbonyl (C=O) groups excluding carboxylic acids is 2. The van der Waals surface area contributed by atoms with E-state index in [1.54, 1.807) is 18.0 Å². The predicted octanol–water partition coefficient (Wildman–Crippen LogP) is 2.74. The molecule has 2 amide bonds. The van der Waals surface area contributed by atoms with Crippen LogP contribution >= 0.6 is 11.8 Å². The number of thioether (sulfide) groups is 1. The van der Waals surface area contributed by atoms with Crippen molar-refractivity contribution in [3.8, 4) is 0 Å². The highest BCUT2D eigenvalue weighted by atomic mass is 32.2.